The number of hydrogen-bond donors (Lipinski definition) is 1. The molecule has 1 aromatic rings. The number of benzene rings is 1. The zero-order valence-electron chi connectivity index (χ0n) is 7.97. The summed E-state index contributed by atoms with van der Waals surface area (Å²) in [5, 5.41) is 2.14. The number of rotatable bonds is 2. The molecule has 0 aliphatic heterocycles. The van der Waals surface area contributed by atoms with Gasteiger partial charge in [0.25, 0.3) is 0 Å². The Kier molecular flexibility index (Phi) is 3.37. The smallest absolute Gasteiger partial charge is 0.378 e. The van der Waals surface area contributed by atoms with E-state index in [9.17, 15) is 13.2 Å². The van der Waals surface area contributed by atoms with Gasteiger partial charge in [-0.2, -0.15) is 13.2 Å². The fourth-order valence-corrected chi connectivity index (χ4v) is 1.02. The van der Waals surface area contributed by atoms with E-state index in [-0.39, 0.29) is 17.1 Å². The van der Waals surface area contributed by atoms with E-state index >= 15 is 0 Å². The van der Waals surface area contributed by atoms with Crippen LogP contribution in [0.25, 0.3) is 9.69 Å². The standard InChI is InChI=1S/C10H6F3N3/c1-14-8-4-3-7(5-9(8)15-2)16-6-10(11,12)13/h3-5,16H,6H2. The molecule has 0 spiro atoms. The highest BCUT2D eigenvalue weighted by atomic mass is 19.4. The number of nitrogens with one attached hydrogen (secondary N) is 1. The minimum absolute atomic E-state index is 0.0437. The number of alkyl halides is 3. The Morgan fingerprint density at radius 2 is 1.75 bits per heavy atom. The molecule has 0 aliphatic rings. The lowest BCUT2D eigenvalue weighted by atomic mass is 10.2. The van der Waals surface area contributed by atoms with Crippen molar-refractivity contribution in [2.24, 2.45) is 0 Å². The van der Waals surface area contributed by atoms with Gasteiger partial charge in [0, 0.05) is 5.69 Å². The van der Waals surface area contributed by atoms with Gasteiger partial charge < -0.3 is 5.32 Å². The zero-order valence-corrected chi connectivity index (χ0v) is 7.97. The minimum atomic E-state index is -4.31. The van der Waals surface area contributed by atoms with Crippen LogP contribution in [0.2, 0.25) is 0 Å². The molecule has 1 rings (SSSR count). The summed E-state index contributed by atoms with van der Waals surface area (Å²) in [6.07, 6.45) is -4.31. The number of halogens is 3. The third-order valence-electron chi connectivity index (χ3n) is 1.71. The van der Waals surface area contributed by atoms with Crippen molar-refractivity contribution in [1.82, 2.24) is 0 Å². The van der Waals surface area contributed by atoms with E-state index in [0.717, 1.165) is 0 Å². The van der Waals surface area contributed by atoms with Crippen LogP contribution in [0.5, 0.6) is 0 Å². The second-order valence-corrected chi connectivity index (χ2v) is 2.90. The average molecular weight is 225 g/mol. The molecule has 0 radical (unpaired) electrons. The fourth-order valence-electron chi connectivity index (χ4n) is 1.02. The maximum Gasteiger partial charge on any atom is 0.405 e. The summed E-state index contributed by atoms with van der Waals surface area (Å²) in [5.41, 5.74) is 0.352. The molecule has 3 nitrogen and oxygen atoms in total. The van der Waals surface area contributed by atoms with Gasteiger partial charge in [0.1, 0.15) is 6.54 Å². The van der Waals surface area contributed by atoms with Crippen LogP contribution >= 0.6 is 0 Å². The predicted molar refractivity (Wildman–Crippen MR) is 53.5 cm³/mol. The van der Waals surface area contributed by atoms with Gasteiger partial charge >= 0.3 is 6.18 Å². The minimum Gasteiger partial charge on any atom is -0.378 e. The van der Waals surface area contributed by atoms with Gasteiger partial charge in [-0.05, 0) is 6.07 Å². The molecule has 0 heterocycles. The van der Waals surface area contributed by atoms with Crippen LogP contribution in [0.3, 0.4) is 0 Å². The van der Waals surface area contributed by atoms with E-state index in [1.54, 1.807) is 0 Å². The van der Waals surface area contributed by atoms with Crippen molar-refractivity contribution in [3.63, 3.8) is 0 Å². The third kappa shape index (κ3) is 3.18. The van der Waals surface area contributed by atoms with Gasteiger partial charge in [-0.3, -0.25) is 9.69 Å². The second kappa shape index (κ2) is 4.54. The van der Waals surface area contributed by atoms with Crippen molar-refractivity contribution in [1.29, 1.82) is 0 Å². The maximum atomic E-state index is 11.9. The van der Waals surface area contributed by atoms with Crippen molar-refractivity contribution in [2.75, 3.05) is 11.9 Å². The quantitative estimate of drug-likeness (QED) is 0.760. The maximum absolute atomic E-state index is 11.9. The van der Waals surface area contributed by atoms with E-state index in [4.69, 9.17) is 13.1 Å². The summed E-state index contributed by atoms with van der Waals surface area (Å²) in [6.45, 7) is 12.3. The van der Waals surface area contributed by atoms with Crippen LogP contribution in [0.4, 0.5) is 30.2 Å². The predicted octanol–water partition coefficient (Wildman–Crippen LogP) is 3.76. The molecule has 82 valence electrons. The Morgan fingerprint density at radius 1 is 1.12 bits per heavy atom. The lowest BCUT2D eigenvalue weighted by Gasteiger charge is -2.09. The van der Waals surface area contributed by atoms with Gasteiger partial charge in [0.05, 0.1) is 13.1 Å². The Hall–Kier alpha value is -2.21. The Balaban J connectivity index is 2.86. The lowest BCUT2D eigenvalue weighted by molar-refractivity contribution is -0.115. The van der Waals surface area contributed by atoms with E-state index in [1.165, 1.54) is 18.2 Å². The van der Waals surface area contributed by atoms with Crippen molar-refractivity contribution < 1.29 is 13.2 Å². The van der Waals surface area contributed by atoms with E-state index in [2.05, 4.69) is 15.0 Å². The van der Waals surface area contributed by atoms with E-state index in [0.29, 0.717) is 0 Å². The van der Waals surface area contributed by atoms with Crippen molar-refractivity contribution in [3.05, 3.63) is 41.0 Å². The van der Waals surface area contributed by atoms with Crippen molar-refractivity contribution >= 4 is 17.1 Å². The van der Waals surface area contributed by atoms with E-state index < -0.39 is 12.7 Å². The van der Waals surface area contributed by atoms with Gasteiger partial charge in [-0.25, -0.2) is 0 Å². The first-order valence-corrected chi connectivity index (χ1v) is 4.16. The summed E-state index contributed by atoms with van der Waals surface area (Å²) >= 11 is 0. The molecule has 0 saturated heterocycles. The van der Waals surface area contributed by atoms with Crippen LogP contribution in [0.1, 0.15) is 0 Å². The molecule has 0 atom stereocenters. The second-order valence-electron chi connectivity index (χ2n) is 2.90. The number of nitrogens with zero attached hydrogens (tertiary/aromatic N) is 2. The summed E-state index contributed by atoms with van der Waals surface area (Å²) in [5.74, 6) is 0. The molecule has 16 heavy (non-hydrogen) atoms. The Morgan fingerprint density at radius 3 is 2.25 bits per heavy atom. The largest absolute Gasteiger partial charge is 0.405 e. The molecule has 6 heteroatoms. The molecule has 1 aromatic carbocycles. The highest BCUT2D eigenvalue weighted by Crippen LogP contribution is 2.31. The molecule has 0 amide bonds. The van der Waals surface area contributed by atoms with Gasteiger partial charge in [0.15, 0.2) is 11.4 Å². The third-order valence-corrected chi connectivity index (χ3v) is 1.71. The molecule has 0 bridgehead atoms. The molecular formula is C10H6F3N3. The van der Waals surface area contributed by atoms with Gasteiger partial charge in [0.2, 0.25) is 0 Å². The van der Waals surface area contributed by atoms with Gasteiger partial charge in [-0.1, -0.05) is 12.1 Å². The molecule has 1 N–H and O–H groups in total. The highest BCUT2D eigenvalue weighted by molar-refractivity contribution is 5.75. The molecular weight excluding hydrogens is 219 g/mol. The summed E-state index contributed by atoms with van der Waals surface area (Å²) in [6, 6.07) is 3.89. The van der Waals surface area contributed by atoms with Crippen LogP contribution in [0, 0.1) is 13.1 Å². The monoisotopic (exact) mass is 225 g/mol. The summed E-state index contributed by atoms with van der Waals surface area (Å²) in [7, 11) is 0. The average Bonchev–Trinajstić information content (AvgIpc) is 2.25. The van der Waals surface area contributed by atoms with E-state index in [1.807, 2.05) is 0 Å². The summed E-state index contributed by atoms with van der Waals surface area (Å²) in [4.78, 5) is 6.14. The normalized spacial score (nSPS) is 10.3. The lowest BCUT2D eigenvalue weighted by Crippen LogP contribution is -2.21. The molecule has 0 aliphatic carbocycles. The molecule has 0 saturated carbocycles. The van der Waals surface area contributed by atoms with Gasteiger partial charge in [-0.15, -0.1) is 0 Å². The topological polar surface area (TPSA) is 20.8 Å². The van der Waals surface area contributed by atoms with Crippen molar-refractivity contribution in [2.45, 2.75) is 6.18 Å². The number of anilines is 1. The Bertz CT molecular complexity index is 466. The first-order valence-electron chi connectivity index (χ1n) is 4.16. The van der Waals surface area contributed by atoms with Crippen molar-refractivity contribution in [3.8, 4) is 0 Å². The van der Waals surface area contributed by atoms with Crippen LogP contribution in [-0.4, -0.2) is 12.7 Å². The Labute approximate surface area is 90.1 Å². The SMILES string of the molecule is [C-]#[N+]c1ccc(NCC(F)(F)F)cc1[N+]#[C-]. The molecule has 0 unspecified atom stereocenters. The molecule has 0 fully saturated rings. The number of hydrogen-bond acceptors (Lipinski definition) is 1. The molecule has 0 aromatic heterocycles. The first kappa shape index (κ1) is 11.9. The first-order chi connectivity index (χ1) is 7.46. The highest BCUT2D eigenvalue weighted by Gasteiger charge is 2.26. The van der Waals surface area contributed by atoms with Crippen LogP contribution in [-0.2, 0) is 0 Å². The summed E-state index contributed by atoms with van der Waals surface area (Å²) < 4.78 is 35.7. The zero-order chi connectivity index (χ0) is 12.2. The fraction of sp³-hybridized carbons (Fsp3) is 0.200. The van der Waals surface area contributed by atoms with Crippen LogP contribution in [0.15, 0.2) is 18.2 Å². The van der Waals surface area contributed by atoms with Crippen LogP contribution < -0.4 is 5.32 Å².